The Morgan fingerprint density at radius 1 is 0.212 bits per heavy atom. The molecular weight excluding hydrogens is 1290 g/mol. The molecule has 0 saturated heterocycles. The molecule has 0 atom stereocenters. The van der Waals surface area contributed by atoms with Crippen molar-refractivity contribution >= 4 is 124 Å². The maximum atomic E-state index is 14.0. The van der Waals surface area contributed by atoms with E-state index in [-0.39, 0.29) is 0 Å². The maximum absolute atomic E-state index is 14.0. The van der Waals surface area contributed by atoms with Gasteiger partial charge in [0, 0.05) is 87.9 Å². The van der Waals surface area contributed by atoms with Crippen LogP contribution in [-0.4, -0.2) is 33.0 Å². The lowest BCUT2D eigenvalue weighted by Gasteiger charge is -2.26. The first-order valence-corrected chi connectivity index (χ1v) is 34.3. The number of carbonyl (C=O) groups excluding carboxylic acids is 4. The van der Waals surface area contributed by atoms with Crippen molar-refractivity contribution in [2.45, 2.75) is 0 Å². The topological polar surface area (TPSA) is 122 Å². The van der Waals surface area contributed by atoms with Gasteiger partial charge in [-0.25, -0.2) is 19.2 Å². The van der Waals surface area contributed by atoms with Crippen molar-refractivity contribution in [1.82, 2.24) is 9.13 Å². The number of nitrogens with zero attached hydrogens (tertiary/aromatic N) is 4. The van der Waals surface area contributed by atoms with Gasteiger partial charge >= 0.3 is 23.9 Å². The number of anilines is 6. The van der Waals surface area contributed by atoms with Crippen LogP contribution >= 0.6 is 0 Å². The van der Waals surface area contributed by atoms with Crippen LogP contribution in [0.5, 0.6) is 23.0 Å². The number of hydrogen-bond acceptors (Lipinski definition) is 10. The second-order valence-corrected chi connectivity index (χ2v) is 26.1. The molecule has 14 aromatic carbocycles. The van der Waals surface area contributed by atoms with Gasteiger partial charge in [-0.15, -0.1) is 0 Å². The number of carbonyl (C=O) groups is 4. The molecule has 0 bridgehead atoms. The van der Waals surface area contributed by atoms with Crippen LogP contribution in [0.4, 0.5) is 34.1 Å². The number of fused-ring (bicyclic) bond motifs is 10. The van der Waals surface area contributed by atoms with Crippen LogP contribution in [0.3, 0.4) is 0 Å². The zero-order chi connectivity index (χ0) is 69.3. The summed E-state index contributed by atoms with van der Waals surface area (Å²) >= 11 is 0. The molecule has 4 aliphatic heterocycles. The summed E-state index contributed by atoms with van der Waals surface area (Å²) in [6.45, 7) is 0. The highest BCUT2D eigenvalue weighted by Gasteiger charge is 2.34. The van der Waals surface area contributed by atoms with Crippen LogP contribution in [0.2, 0.25) is 0 Å². The summed E-state index contributed by atoms with van der Waals surface area (Å²) in [5, 5.41) is 6.69. The molecule has 12 nitrogen and oxygen atoms in total. The second kappa shape index (κ2) is 23.7. The number of esters is 4. The molecule has 2 aromatic heterocycles. The molecule has 0 unspecified atom stereocenters. The molecule has 0 aliphatic carbocycles. The minimum absolute atomic E-state index is 0.348. The van der Waals surface area contributed by atoms with Crippen molar-refractivity contribution in [3.8, 4) is 45.5 Å². The van der Waals surface area contributed by atoms with Gasteiger partial charge in [0.05, 0.1) is 44.4 Å². The summed E-state index contributed by atoms with van der Waals surface area (Å²) in [5.74, 6) is -0.531. The third-order valence-electron chi connectivity index (χ3n) is 20.3. The minimum atomic E-state index is -0.500. The van der Waals surface area contributed by atoms with E-state index in [0.29, 0.717) is 88.4 Å². The fourth-order valence-electron chi connectivity index (χ4n) is 15.6. The van der Waals surface area contributed by atoms with Crippen molar-refractivity contribution < 1.29 is 38.1 Å². The zero-order valence-electron chi connectivity index (χ0n) is 55.2. The highest BCUT2D eigenvalue weighted by atomic mass is 16.6. The first-order chi connectivity index (χ1) is 51.2. The quantitative estimate of drug-likeness (QED) is 0.0815. The van der Waals surface area contributed by atoms with Crippen LogP contribution in [0.25, 0.3) is 88.4 Å². The number of ether oxygens (including phenoxy) is 4. The Balaban J connectivity index is 0.603. The van der Waals surface area contributed by atoms with Gasteiger partial charge in [-0.1, -0.05) is 182 Å². The van der Waals surface area contributed by atoms with Crippen LogP contribution in [0.1, 0.15) is 22.3 Å². The van der Waals surface area contributed by atoms with Crippen molar-refractivity contribution in [3.05, 3.63) is 371 Å². The summed E-state index contributed by atoms with van der Waals surface area (Å²) in [4.78, 5) is 60.0. The average molecular weight is 1340 g/mol. The van der Waals surface area contributed by atoms with Crippen molar-refractivity contribution in [1.29, 1.82) is 0 Å². The lowest BCUT2D eigenvalue weighted by molar-refractivity contribution is -0.128. The molecule has 490 valence electrons. The largest absolute Gasteiger partial charge is 0.422 e. The van der Waals surface area contributed by atoms with E-state index in [1.165, 1.54) is 0 Å². The van der Waals surface area contributed by atoms with E-state index in [4.69, 9.17) is 18.9 Å². The lowest BCUT2D eigenvalue weighted by atomic mass is 10.0. The van der Waals surface area contributed by atoms with Crippen LogP contribution in [0, 0.1) is 0 Å². The fourth-order valence-corrected chi connectivity index (χ4v) is 15.6. The Morgan fingerprint density at radius 3 is 0.865 bits per heavy atom. The van der Waals surface area contributed by atoms with Gasteiger partial charge in [0.1, 0.15) is 23.0 Å². The third kappa shape index (κ3) is 9.61. The Labute approximate surface area is 593 Å². The predicted molar refractivity (Wildman–Crippen MR) is 407 cm³/mol. The van der Waals surface area contributed by atoms with Gasteiger partial charge < -0.3 is 37.9 Å². The van der Waals surface area contributed by atoms with Gasteiger partial charge in [-0.05, 0) is 179 Å². The molecule has 12 heteroatoms. The molecule has 0 spiro atoms. The minimum Gasteiger partial charge on any atom is -0.422 e. The molecule has 0 N–H and O–H groups in total. The highest BCUT2D eigenvalue weighted by molar-refractivity contribution is 6.23. The lowest BCUT2D eigenvalue weighted by Crippen LogP contribution is -2.12. The molecular formula is C92H54N4O8. The van der Waals surface area contributed by atoms with E-state index < -0.39 is 23.9 Å². The van der Waals surface area contributed by atoms with Crippen LogP contribution in [-0.2, 0) is 19.2 Å². The molecule has 4 aliphatic rings. The first-order valence-electron chi connectivity index (χ1n) is 34.3. The summed E-state index contributed by atoms with van der Waals surface area (Å²) < 4.78 is 28.4. The van der Waals surface area contributed by atoms with Gasteiger partial charge in [0.2, 0.25) is 0 Å². The highest BCUT2D eigenvalue weighted by Crippen LogP contribution is 2.42. The summed E-state index contributed by atoms with van der Waals surface area (Å²) in [6, 6.07) is 109. The first kappa shape index (κ1) is 59.7. The number of aromatic nitrogens is 2. The summed E-state index contributed by atoms with van der Waals surface area (Å²) in [5.41, 5.74) is 17.8. The number of rotatable bonds is 13. The molecule has 0 amide bonds. The van der Waals surface area contributed by atoms with E-state index in [9.17, 15) is 19.2 Å². The maximum Gasteiger partial charge on any atom is 0.344 e. The Hall–Kier alpha value is -14.4. The number of para-hydroxylation sites is 6. The van der Waals surface area contributed by atoms with E-state index in [0.717, 1.165) is 100 Å². The Morgan fingerprint density at radius 2 is 0.490 bits per heavy atom. The predicted octanol–water partition coefficient (Wildman–Crippen LogP) is 17.0. The molecule has 0 saturated carbocycles. The molecule has 6 heterocycles. The molecule has 20 rings (SSSR count). The average Bonchev–Trinajstić information content (AvgIpc) is 1.64. The van der Waals surface area contributed by atoms with Crippen molar-refractivity contribution in [2.75, 3.05) is 9.80 Å². The Bertz CT molecular complexity index is 6560. The third-order valence-corrected chi connectivity index (χ3v) is 20.3. The molecule has 0 fully saturated rings. The van der Waals surface area contributed by atoms with E-state index >= 15 is 0 Å². The van der Waals surface area contributed by atoms with Crippen LogP contribution < -0.4 is 49.6 Å². The van der Waals surface area contributed by atoms with Gasteiger partial charge in [0.15, 0.2) is 0 Å². The zero-order valence-corrected chi connectivity index (χ0v) is 55.2. The fraction of sp³-hybridized carbons (Fsp3) is 0. The van der Waals surface area contributed by atoms with Gasteiger partial charge in [-0.3, -0.25) is 0 Å². The SMILES string of the molecule is O=C1Oc2cc3c(cc2=C1c1ccc(N(c2ccccc2)c2ccccc2)cc1)OC(=O)C=3c1ccc(N(c2ccccc2)c2cccc(-c3ccc4c5ccccc5n(-c5ccc(C6=c7cc8c(cc7OC6=O)=C(c6ccc(-n7c9ccccc9c9ccccc97)cc6)C(=O)O8)cc5)c4c3)c2)cc1. The monoisotopic (exact) mass is 1340 g/mol. The van der Waals surface area contributed by atoms with E-state index in [2.05, 4.69) is 152 Å². The van der Waals surface area contributed by atoms with E-state index in [1.807, 2.05) is 170 Å². The van der Waals surface area contributed by atoms with Crippen molar-refractivity contribution in [3.63, 3.8) is 0 Å². The molecule has 16 aromatic rings. The molecule has 0 radical (unpaired) electrons. The van der Waals surface area contributed by atoms with Gasteiger partial charge in [-0.2, -0.15) is 0 Å². The summed E-state index contributed by atoms with van der Waals surface area (Å²) in [6.07, 6.45) is 0. The number of benzene rings is 14. The van der Waals surface area contributed by atoms with E-state index in [1.54, 1.807) is 24.3 Å². The van der Waals surface area contributed by atoms with Crippen LogP contribution in [0.15, 0.2) is 328 Å². The normalized spacial score (nSPS) is 13.5. The smallest absolute Gasteiger partial charge is 0.344 e. The second-order valence-electron chi connectivity index (χ2n) is 26.1. The van der Waals surface area contributed by atoms with Gasteiger partial charge in [0.25, 0.3) is 0 Å². The standard InChI is InChI=1S/C92H54N4O8/c97-89-85(55-31-40-64(41-32-55)93(61-18-4-1-5-19-61)62-20-6-2-7-21-62)73-51-82-74(52-81(73)101-89)86(90(98)102-82)56-33-42-65(43-34-56)94(63-22-8-3-9-23-63)68-24-16-17-59(49-68)60-39-48-72-71-27-12-15-30-79(71)96(80(72)50-60)67-46-37-58(38-47-67)88-76-54-83-75(53-84(76)104-92(88)100)87(91(99)103-83)57-35-44-66(45-36-57)95-77-28-13-10-25-69(77)70-26-11-14-29-78(70)95/h1-54H. The summed E-state index contributed by atoms with van der Waals surface area (Å²) in [7, 11) is 0. The number of hydrogen-bond donors (Lipinski definition) is 0. The van der Waals surface area contributed by atoms with Crippen molar-refractivity contribution in [2.24, 2.45) is 0 Å². The molecule has 104 heavy (non-hydrogen) atoms. The Kier molecular flexibility index (Phi) is 13.6.